The van der Waals surface area contributed by atoms with Crippen molar-refractivity contribution in [3.63, 3.8) is 0 Å². The molecule has 1 aliphatic rings. The first-order valence-corrected chi connectivity index (χ1v) is 14.0. The second-order valence-electron chi connectivity index (χ2n) is 5.41. The Morgan fingerprint density at radius 3 is 1.36 bits per heavy atom. The summed E-state index contributed by atoms with van der Waals surface area (Å²) in [4.78, 5) is 0. The van der Waals surface area contributed by atoms with Gasteiger partial charge in [0.1, 0.15) is 0 Å². The fraction of sp³-hybridized carbons (Fsp3) is 1.00. The van der Waals surface area contributed by atoms with Gasteiger partial charge in [0.15, 0.2) is 25.2 Å². The summed E-state index contributed by atoms with van der Waals surface area (Å²) in [6.07, 6.45) is 0. The van der Waals surface area contributed by atoms with Crippen LogP contribution in [-0.2, 0) is 0 Å². The zero-order chi connectivity index (χ0) is 11.0. The number of rotatable bonds is 2. The molecule has 0 aromatic heterocycles. The van der Waals surface area contributed by atoms with Crippen LogP contribution in [0, 0.1) is 0 Å². The third kappa shape index (κ3) is 2.77. The second-order valence-corrected chi connectivity index (χ2v) is 18.5. The summed E-state index contributed by atoms with van der Waals surface area (Å²) in [7, 11) is -4.03. The predicted molar refractivity (Wildman–Crippen MR) is 71.1 cm³/mol. The van der Waals surface area contributed by atoms with Gasteiger partial charge in [0, 0.05) is 0 Å². The van der Waals surface area contributed by atoms with E-state index in [9.17, 15) is 0 Å². The molecular formula is C8H25N3Si3. The van der Waals surface area contributed by atoms with E-state index < -0.39 is 25.2 Å². The Kier molecular flexibility index (Phi) is 3.45. The van der Waals surface area contributed by atoms with E-state index in [0.29, 0.717) is 0 Å². The molecular weight excluding hydrogens is 222 g/mol. The minimum atomic E-state index is -1.34. The number of hydrogen-bond donors (Lipinski definition) is 3. The minimum absolute atomic E-state index is 1.30. The molecule has 1 saturated heterocycles. The molecule has 1 aliphatic heterocycles. The van der Waals surface area contributed by atoms with Crippen molar-refractivity contribution in [1.29, 1.82) is 0 Å². The number of hydrogen-bond acceptors (Lipinski definition) is 3. The Hall–Kier alpha value is 0.531. The van der Waals surface area contributed by atoms with Gasteiger partial charge in [-0.25, -0.2) is 0 Å². The lowest BCUT2D eigenvalue weighted by Gasteiger charge is -2.51. The van der Waals surface area contributed by atoms with Gasteiger partial charge in [0.05, 0.1) is 0 Å². The normalized spacial score (nSPS) is 28.7. The van der Waals surface area contributed by atoms with E-state index in [1.165, 1.54) is 12.1 Å². The van der Waals surface area contributed by atoms with Crippen LogP contribution in [0.3, 0.4) is 0 Å². The molecule has 14 heavy (non-hydrogen) atoms. The van der Waals surface area contributed by atoms with Crippen molar-refractivity contribution >= 4 is 25.2 Å². The molecule has 3 nitrogen and oxygen atoms in total. The van der Waals surface area contributed by atoms with Gasteiger partial charge in [-0.2, -0.15) is 0 Å². The zero-order valence-corrected chi connectivity index (χ0v) is 13.4. The quantitative estimate of drug-likeness (QED) is 0.650. The molecule has 0 unspecified atom stereocenters. The number of nitrogens with one attached hydrogen (secondary N) is 3. The molecule has 0 saturated carbocycles. The van der Waals surface area contributed by atoms with Crippen LogP contribution in [0.1, 0.15) is 13.8 Å². The summed E-state index contributed by atoms with van der Waals surface area (Å²) in [5.41, 5.74) is 0. The molecule has 1 rings (SSSR count). The molecule has 0 atom stereocenters. The van der Waals surface area contributed by atoms with Crippen LogP contribution in [-0.4, -0.2) is 25.2 Å². The van der Waals surface area contributed by atoms with Gasteiger partial charge in [0.2, 0.25) is 0 Å². The molecule has 0 aromatic carbocycles. The summed E-state index contributed by atoms with van der Waals surface area (Å²) in [5.74, 6) is 0. The van der Waals surface area contributed by atoms with E-state index in [4.69, 9.17) is 0 Å². The molecule has 0 spiro atoms. The lowest BCUT2D eigenvalue weighted by Crippen LogP contribution is -2.89. The summed E-state index contributed by atoms with van der Waals surface area (Å²) < 4.78 is 11.7. The van der Waals surface area contributed by atoms with E-state index >= 15 is 0 Å². The van der Waals surface area contributed by atoms with Crippen LogP contribution >= 0.6 is 0 Å². The monoisotopic (exact) mass is 247 g/mol. The third-order valence-corrected chi connectivity index (χ3v) is 19.2. The summed E-state index contributed by atoms with van der Waals surface area (Å²) >= 11 is 0. The largest absolute Gasteiger partial charge is 0.336 e. The topological polar surface area (TPSA) is 36.1 Å². The highest BCUT2D eigenvalue weighted by molar-refractivity contribution is 7.05. The fourth-order valence-electron chi connectivity index (χ4n) is 2.67. The van der Waals surface area contributed by atoms with Crippen LogP contribution in [0.2, 0.25) is 38.3 Å². The van der Waals surface area contributed by atoms with Crippen LogP contribution in [0.15, 0.2) is 0 Å². The van der Waals surface area contributed by atoms with Crippen molar-refractivity contribution in [1.82, 2.24) is 13.9 Å². The molecule has 1 heterocycles. The molecule has 84 valence electrons. The van der Waals surface area contributed by atoms with Crippen molar-refractivity contribution in [2.24, 2.45) is 0 Å². The van der Waals surface area contributed by atoms with E-state index in [1.54, 1.807) is 0 Å². The molecule has 0 amide bonds. The van der Waals surface area contributed by atoms with Crippen LogP contribution in [0.5, 0.6) is 0 Å². The molecule has 0 bridgehead atoms. The van der Waals surface area contributed by atoms with Gasteiger partial charge in [-0.1, -0.05) is 13.8 Å². The standard InChI is InChI=1S/C8H25N3Si3/c1-7-14(8-2)10-12(3,4)9-13(5,6)11-14/h9-11H,7-8H2,1-6H3. The van der Waals surface area contributed by atoms with E-state index in [2.05, 4.69) is 54.0 Å². The Balaban J connectivity index is 2.90. The van der Waals surface area contributed by atoms with Gasteiger partial charge >= 0.3 is 0 Å². The first kappa shape index (κ1) is 12.6. The molecule has 3 N–H and O–H groups in total. The van der Waals surface area contributed by atoms with Crippen molar-refractivity contribution in [3.8, 4) is 0 Å². The average molecular weight is 248 g/mol. The SMILES string of the molecule is CC[Si]1(CC)N[Si](C)(C)N[Si](C)(C)N1. The van der Waals surface area contributed by atoms with E-state index in [-0.39, 0.29) is 0 Å². The van der Waals surface area contributed by atoms with Crippen molar-refractivity contribution in [2.75, 3.05) is 0 Å². The molecule has 0 aromatic rings. The van der Waals surface area contributed by atoms with Gasteiger partial charge in [-0.3, -0.25) is 0 Å². The molecule has 0 radical (unpaired) electrons. The predicted octanol–water partition coefficient (Wildman–Crippen LogP) is 1.65. The maximum absolute atomic E-state index is 3.95. The summed E-state index contributed by atoms with van der Waals surface area (Å²) in [5, 5.41) is 0. The smallest absolute Gasteiger partial charge is 0.189 e. The fourth-order valence-corrected chi connectivity index (χ4v) is 24.3. The van der Waals surface area contributed by atoms with Gasteiger partial charge in [0.25, 0.3) is 0 Å². The zero-order valence-electron chi connectivity index (χ0n) is 10.4. The minimum Gasteiger partial charge on any atom is -0.336 e. The summed E-state index contributed by atoms with van der Waals surface area (Å²) in [6.45, 7) is 14.3. The molecule has 1 fully saturated rings. The second kappa shape index (κ2) is 3.84. The Morgan fingerprint density at radius 1 is 0.714 bits per heavy atom. The van der Waals surface area contributed by atoms with E-state index in [0.717, 1.165) is 0 Å². The maximum atomic E-state index is 3.95. The summed E-state index contributed by atoms with van der Waals surface area (Å²) in [6, 6.07) is 2.61. The highest BCUT2D eigenvalue weighted by Gasteiger charge is 2.47. The van der Waals surface area contributed by atoms with Crippen LogP contribution < -0.4 is 13.9 Å². The Bertz CT molecular complexity index is 196. The van der Waals surface area contributed by atoms with Crippen molar-refractivity contribution < 1.29 is 0 Å². The Labute approximate surface area is 91.6 Å². The van der Waals surface area contributed by atoms with Crippen LogP contribution in [0.4, 0.5) is 0 Å². The molecule has 6 heteroatoms. The van der Waals surface area contributed by atoms with E-state index in [1.807, 2.05) is 0 Å². The van der Waals surface area contributed by atoms with Gasteiger partial charge in [-0.05, 0) is 38.3 Å². The van der Waals surface area contributed by atoms with Crippen molar-refractivity contribution in [2.45, 2.75) is 52.1 Å². The first-order valence-electron chi connectivity index (χ1n) is 5.62. The van der Waals surface area contributed by atoms with Crippen molar-refractivity contribution in [3.05, 3.63) is 0 Å². The highest BCUT2D eigenvalue weighted by atomic mass is 28.5. The maximum Gasteiger partial charge on any atom is 0.189 e. The highest BCUT2D eigenvalue weighted by Crippen LogP contribution is 2.18. The van der Waals surface area contributed by atoms with Crippen LogP contribution in [0.25, 0.3) is 0 Å². The lowest BCUT2D eigenvalue weighted by molar-refractivity contribution is 0.975. The lowest BCUT2D eigenvalue weighted by atomic mass is 10.9. The average Bonchev–Trinajstić information content (AvgIpc) is 1.98. The van der Waals surface area contributed by atoms with Gasteiger partial charge < -0.3 is 13.9 Å². The third-order valence-electron chi connectivity index (χ3n) is 2.94. The van der Waals surface area contributed by atoms with Gasteiger partial charge in [-0.15, -0.1) is 0 Å². The Morgan fingerprint density at radius 2 is 1.07 bits per heavy atom. The molecule has 0 aliphatic carbocycles. The first-order chi connectivity index (χ1) is 6.24.